The first kappa shape index (κ1) is 14.6. The fourth-order valence-corrected chi connectivity index (χ4v) is 2.84. The Morgan fingerprint density at radius 2 is 2.05 bits per heavy atom. The molecule has 0 aliphatic heterocycles. The highest BCUT2D eigenvalue weighted by atomic mass is 32.2. The average molecular weight is 321 g/mol. The van der Waals surface area contributed by atoms with Crippen LogP contribution in [0.15, 0.2) is 49.4 Å². The fraction of sp³-hybridized carbons (Fsp3) is 0.267. The zero-order valence-electron chi connectivity index (χ0n) is 12.2. The molecule has 3 aromatic heterocycles. The van der Waals surface area contributed by atoms with Gasteiger partial charge in [-0.25, -0.2) is 8.42 Å². The lowest BCUT2D eigenvalue weighted by Gasteiger charge is -2.02. The van der Waals surface area contributed by atoms with Crippen LogP contribution in [0.25, 0.3) is 11.0 Å². The van der Waals surface area contributed by atoms with Crippen molar-refractivity contribution >= 4 is 20.8 Å². The van der Waals surface area contributed by atoms with Gasteiger partial charge in [-0.15, -0.1) is 0 Å². The van der Waals surface area contributed by atoms with E-state index in [-0.39, 0.29) is 17.2 Å². The molecule has 0 aliphatic carbocycles. The molecule has 0 aromatic carbocycles. The minimum Gasteiger partial charge on any atom is -0.461 e. The molecule has 0 saturated carbocycles. The monoisotopic (exact) mass is 321 g/mol. The number of hydrogen-bond acceptors (Lipinski definition) is 5. The summed E-state index contributed by atoms with van der Waals surface area (Å²) in [7, 11) is -3.39. The van der Waals surface area contributed by atoms with E-state index in [0.29, 0.717) is 23.0 Å². The number of fused-ring (bicyclic) bond motifs is 1. The van der Waals surface area contributed by atoms with E-state index in [1.165, 1.54) is 16.9 Å². The third kappa shape index (κ3) is 2.59. The van der Waals surface area contributed by atoms with Crippen molar-refractivity contribution in [3.05, 3.63) is 52.3 Å². The molecule has 0 aliphatic rings. The largest absolute Gasteiger partial charge is 0.461 e. The van der Waals surface area contributed by atoms with Gasteiger partial charge in [0, 0.05) is 30.5 Å². The lowest BCUT2D eigenvalue weighted by Crippen LogP contribution is -2.19. The van der Waals surface area contributed by atoms with Crippen LogP contribution in [0.4, 0.5) is 0 Å². The maximum Gasteiger partial charge on any atom is 0.262 e. The summed E-state index contributed by atoms with van der Waals surface area (Å²) in [4.78, 5) is 12.4. The van der Waals surface area contributed by atoms with Crippen LogP contribution in [0.3, 0.4) is 0 Å². The number of aryl methyl sites for hydroxylation is 1. The average Bonchev–Trinajstić information content (AvgIpc) is 3.08. The molecule has 0 spiro atoms. The van der Waals surface area contributed by atoms with E-state index in [1.807, 2.05) is 6.92 Å². The molecule has 3 heterocycles. The molecule has 0 atom stereocenters. The van der Waals surface area contributed by atoms with Gasteiger partial charge in [-0.2, -0.15) is 0 Å². The quantitative estimate of drug-likeness (QED) is 0.735. The minimum absolute atomic E-state index is 0.104. The molecule has 3 rings (SSSR count). The first-order valence-corrected chi connectivity index (χ1v) is 8.67. The Balaban J connectivity index is 1.99. The van der Waals surface area contributed by atoms with Crippen LogP contribution in [0, 0.1) is 0 Å². The molecule has 0 amide bonds. The Hall–Kier alpha value is -2.28. The molecule has 0 N–H and O–H groups in total. The molecule has 0 radical (unpaired) electrons. The second-order valence-electron chi connectivity index (χ2n) is 5.14. The first-order chi connectivity index (χ1) is 10.4. The van der Waals surface area contributed by atoms with Gasteiger partial charge >= 0.3 is 0 Å². The van der Waals surface area contributed by atoms with E-state index in [9.17, 15) is 13.2 Å². The number of pyridine rings is 1. The van der Waals surface area contributed by atoms with E-state index < -0.39 is 9.84 Å². The van der Waals surface area contributed by atoms with Crippen LogP contribution >= 0.6 is 0 Å². The fourth-order valence-electron chi connectivity index (χ4n) is 2.25. The summed E-state index contributed by atoms with van der Waals surface area (Å²) in [5.74, 6) is 0.757. The van der Waals surface area contributed by atoms with Crippen molar-refractivity contribution < 1.29 is 17.3 Å². The van der Waals surface area contributed by atoms with Crippen LogP contribution in [0.1, 0.15) is 18.2 Å². The first-order valence-electron chi connectivity index (χ1n) is 6.78. The van der Waals surface area contributed by atoms with Gasteiger partial charge in [0.05, 0.1) is 18.2 Å². The molecule has 0 fully saturated rings. The van der Waals surface area contributed by atoms with Crippen LogP contribution in [0.2, 0.25) is 0 Å². The number of rotatable bonds is 4. The Morgan fingerprint density at radius 3 is 2.68 bits per heavy atom. The van der Waals surface area contributed by atoms with Crippen molar-refractivity contribution in [1.82, 2.24) is 4.57 Å². The standard InChI is InChI=1S/C15H15NO5S/c1-3-11-7-12-13(21-11)4-5-16(15(12)17)8-10-6-14(20-9-10)22(2,18)19/h4-7,9H,3,8H2,1-2H3. The highest BCUT2D eigenvalue weighted by Gasteiger charge is 2.14. The zero-order chi connectivity index (χ0) is 15.9. The highest BCUT2D eigenvalue weighted by molar-refractivity contribution is 7.90. The number of sulfone groups is 1. The second kappa shape index (κ2) is 5.17. The molecule has 0 unspecified atom stereocenters. The van der Waals surface area contributed by atoms with E-state index in [0.717, 1.165) is 12.0 Å². The Bertz CT molecular complexity index is 991. The van der Waals surface area contributed by atoms with Gasteiger partial charge in [-0.05, 0) is 12.1 Å². The van der Waals surface area contributed by atoms with E-state index in [2.05, 4.69) is 0 Å². The van der Waals surface area contributed by atoms with Gasteiger partial charge in [0.25, 0.3) is 5.56 Å². The summed E-state index contributed by atoms with van der Waals surface area (Å²) < 4.78 is 34.9. The minimum atomic E-state index is -3.39. The van der Waals surface area contributed by atoms with Gasteiger partial charge < -0.3 is 13.4 Å². The van der Waals surface area contributed by atoms with Crippen molar-refractivity contribution in [1.29, 1.82) is 0 Å². The normalized spacial score (nSPS) is 12.1. The van der Waals surface area contributed by atoms with Crippen molar-refractivity contribution in [2.45, 2.75) is 25.0 Å². The third-order valence-electron chi connectivity index (χ3n) is 3.41. The molecular weight excluding hydrogens is 306 g/mol. The Morgan fingerprint density at radius 1 is 1.27 bits per heavy atom. The summed E-state index contributed by atoms with van der Waals surface area (Å²) >= 11 is 0. The molecule has 7 heteroatoms. The highest BCUT2D eigenvalue weighted by Crippen LogP contribution is 2.17. The maximum atomic E-state index is 12.4. The van der Waals surface area contributed by atoms with Crippen molar-refractivity contribution in [2.24, 2.45) is 0 Å². The number of aromatic nitrogens is 1. The topological polar surface area (TPSA) is 82.4 Å². The van der Waals surface area contributed by atoms with Crippen LogP contribution in [-0.2, 0) is 22.8 Å². The Labute approximate surface area is 126 Å². The number of nitrogens with zero attached hydrogens (tertiary/aromatic N) is 1. The van der Waals surface area contributed by atoms with Crippen LogP contribution < -0.4 is 5.56 Å². The predicted molar refractivity (Wildman–Crippen MR) is 80.8 cm³/mol. The molecule has 6 nitrogen and oxygen atoms in total. The molecule has 22 heavy (non-hydrogen) atoms. The van der Waals surface area contributed by atoms with Crippen molar-refractivity contribution in [2.75, 3.05) is 6.26 Å². The molecular formula is C15H15NO5S. The molecule has 3 aromatic rings. The van der Waals surface area contributed by atoms with Gasteiger partial charge in [0.2, 0.25) is 14.9 Å². The van der Waals surface area contributed by atoms with E-state index >= 15 is 0 Å². The van der Waals surface area contributed by atoms with Crippen molar-refractivity contribution in [3.8, 4) is 0 Å². The summed E-state index contributed by atoms with van der Waals surface area (Å²) in [5.41, 5.74) is 0.992. The summed E-state index contributed by atoms with van der Waals surface area (Å²) in [6.45, 7) is 2.19. The third-order valence-corrected chi connectivity index (χ3v) is 4.35. The van der Waals surface area contributed by atoms with Crippen LogP contribution in [-0.4, -0.2) is 19.2 Å². The SMILES string of the molecule is CCc1cc2c(=O)n(Cc3coc(S(C)(=O)=O)c3)ccc2o1. The van der Waals surface area contributed by atoms with Crippen LogP contribution in [0.5, 0.6) is 0 Å². The lowest BCUT2D eigenvalue weighted by atomic mass is 10.2. The van der Waals surface area contributed by atoms with Gasteiger partial charge in [-0.1, -0.05) is 6.92 Å². The molecule has 0 saturated heterocycles. The van der Waals surface area contributed by atoms with Gasteiger partial charge in [0.15, 0.2) is 0 Å². The number of furan rings is 2. The predicted octanol–water partition coefficient (Wildman–Crippen LogP) is 2.20. The smallest absolute Gasteiger partial charge is 0.262 e. The van der Waals surface area contributed by atoms with E-state index in [4.69, 9.17) is 8.83 Å². The summed E-state index contributed by atoms with van der Waals surface area (Å²) in [5, 5.41) is 0.416. The molecule has 0 bridgehead atoms. The summed E-state index contributed by atoms with van der Waals surface area (Å²) in [6, 6.07) is 4.90. The Kier molecular flexibility index (Phi) is 3.44. The second-order valence-corrected chi connectivity index (χ2v) is 7.09. The van der Waals surface area contributed by atoms with E-state index in [1.54, 1.807) is 18.3 Å². The maximum absolute atomic E-state index is 12.4. The summed E-state index contributed by atoms with van der Waals surface area (Å²) in [6.07, 6.45) is 4.76. The lowest BCUT2D eigenvalue weighted by molar-refractivity contribution is 0.450. The van der Waals surface area contributed by atoms with Gasteiger partial charge in [0.1, 0.15) is 11.3 Å². The van der Waals surface area contributed by atoms with Gasteiger partial charge in [-0.3, -0.25) is 4.79 Å². The number of hydrogen-bond donors (Lipinski definition) is 0. The zero-order valence-corrected chi connectivity index (χ0v) is 13.0. The molecule has 116 valence electrons. The van der Waals surface area contributed by atoms with Crippen molar-refractivity contribution in [3.63, 3.8) is 0 Å².